The van der Waals surface area contributed by atoms with Crippen molar-refractivity contribution in [2.24, 2.45) is 0 Å². The number of hydrogen-bond acceptors (Lipinski definition) is 4. The summed E-state index contributed by atoms with van der Waals surface area (Å²) in [4.78, 5) is 2.32. The fourth-order valence-electron chi connectivity index (χ4n) is 10.4. The lowest BCUT2D eigenvalue weighted by Crippen LogP contribution is -2.57. The summed E-state index contributed by atoms with van der Waals surface area (Å²) in [5, 5.41) is 6.83. The predicted molar refractivity (Wildman–Crippen MR) is 263 cm³/mol. The van der Waals surface area contributed by atoms with Gasteiger partial charge in [-0.05, 0) is 99.6 Å². The lowest BCUT2D eigenvalue weighted by molar-refractivity contribution is 0.465. The van der Waals surface area contributed by atoms with E-state index in [1.165, 1.54) is 10.8 Å². The zero-order valence-corrected chi connectivity index (χ0v) is 34.4. The zero-order valence-electron chi connectivity index (χ0n) is 34.4. The molecule has 0 saturated carbocycles. The number of nitrogens with zero attached hydrogens (tertiary/aromatic N) is 2. The van der Waals surface area contributed by atoms with Gasteiger partial charge in [0, 0.05) is 61.9 Å². The van der Waals surface area contributed by atoms with Crippen LogP contribution in [-0.2, 0) is 0 Å². The molecule has 0 N–H and O–H groups in total. The molecule has 14 rings (SSSR count). The quantitative estimate of drug-likeness (QED) is 0.162. The van der Waals surface area contributed by atoms with E-state index in [4.69, 9.17) is 13.9 Å². The van der Waals surface area contributed by atoms with E-state index in [0.29, 0.717) is 0 Å². The van der Waals surface area contributed by atoms with Crippen LogP contribution in [0.4, 0.5) is 17.1 Å². The van der Waals surface area contributed by atoms with Crippen molar-refractivity contribution in [1.82, 2.24) is 4.57 Å². The monoisotopic (exact) mass is 818 g/mol. The second-order valence-corrected chi connectivity index (χ2v) is 16.8. The molecule has 0 aliphatic carbocycles. The highest BCUT2D eigenvalue weighted by Gasteiger charge is 2.42. The molecule has 64 heavy (non-hydrogen) atoms. The van der Waals surface area contributed by atoms with E-state index in [9.17, 15) is 0 Å². The molecule has 6 heteroatoms. The van der Waals surface area contributed by atoms with Gasteiger partial charge in [0.15, 0.2) is 0 Å². The number of para-hydroxylation sites is 4. The zero-order chi connectivity index (χ0) is 41.9. The van der Waals surface area contributed by atoms with E-state index in [-0.39, 0.29) is 6.71 Å². The summed E-state index contributed by atoms with van der Waals surface area (Å²) < 4.78 is 23.0. The minimum atomic E-state index is -0.164. The van der Waals surface area contributed by atoms with Crippen LogP contribution >= 0.6 is 0 Å². The van der Waals surface area contributed by atoms with Crippen molar-refractivity contribution < 1.29 is 13.9 Å². The van der Waals surface area contributed by atoms with Gasteiger partial charge in [-0.2, -0.15) is 0 Å². The number of benzene rings is 10. The average molecular weight is 819 g/mol. The third-order valence-corrected chi connectivity index (χ3v) is 13.2. The molecule has 4 heterocycles. The maximum atomic E-state index is 7.21. The van der Waals surface area contributed by atoms with Gasteiger partial charge >= 0.3 is 0 Å². The highest BCUT2D eigenvalue weighted by molar-refractivity contribution is 6.98. The summed E-state index contributed by atoms with van der Waals surface area (Å²) in [6.45, 7) is -0.164. The molecule has 0 fully saturated rings. The first-order valence-corrected chi connectivity index (χ1v) is 21.8. The number of rotatable bonds is 5. The molecular formula is C58H35BN2O3. The van der Waals surface area contributed by atoms with E-state index in [2.05, 4.69) is 210 Å². The number of fused-ring (bicyclic) bond motifs is 11. The summed E-state index contributed by atoms with van der Waals surface area (Å²) in [6.07, 6.45) is 0. The molecule has 0 spiro atoms. The van der Waals surface area contributed by atoms with E-state index >= 15 is 0 Å². The fourth-order valence-corrected chi connectivity index (χ4v) is 10.4. The maximum absolute atomic E-state index is 7.21. The molecule has 0 bridgehead atoms. The van der Waals surface area contributed by atoms with Crippen molar-refractivity contribution >= 4 is 94.7 Å². The van der Waals surface area contributed by atoms with Gasteiger partial charge in [0.1, 0.15) is 34.2 Å². The summed E-state index contributed by atoms with van der Waals surface area (Å²) in [5.41, 5.74) is 13.5. The number of aromatic nitrogens is 1. The molecule has 0 radical (unpaired) electrons. The first kappa shape index (κ1) is 35.2. The van der Waals surface area contributed by atoms with Gasteiger partial charge in [0.05, 0.1) is 11.0 Å². The number of hydrogen-bond donors (Lipinski definition) is 0. The summed E-state index contributed by atoms with van der Waals surface area (Å²) in [6, 6.07) is 75.4. The van der Waals surface area contributed by atoms with Crippen LogP contribution in [0.5, 0.6) is 23.0 Å². The Kier molecular flexibility index (Phi) is 7.42. The van der Waals surface area contributed by atoms with Crippen LogP contribution in [0.25, 0.3) is 71.3 Å². The third-order valence-electron chi connectivity index (χ3n) is 13.2. The highest BCUT2D eigenvalue weighted by atomic mass is 16.5. The van der Waals surface area contributed by atoms with Crippen LogP contribution in [0.3, 0.4) is 0 Å². The number of furan rings is 1. The van der Waals surface area contributed by atoms with Gasteiger partial charge in [-0.15, -0.1) is 0 Å². The fraction of sp³-hybridized carbons (Fsp3) is 0. The minimum absolute atomic E-state index is 0.164. The molecular weight excluding hydrogens is 783 g/mol. The topological polar surface area (TPSA) is 39.8 Å². The van der Waals surface area contributed by atoms with Crippen LogP contribution in [0, 0.1) is 0 Å². The SMILES string of the molecule is c1ccc(N(c2ccccc2)c2ccc3c4cc5c(cc4n(-c4ccccc4)c3c2)Oc2cc(-c3cccc4ccccc34)cc3c2B5c2cc4c(cc2O3)oc2ccccc24)cc1. The Bertz CT molecular complexity index is 3810. The Labute approximate surface area is 368 Å². The molecule has 0 atom stereocenters. The summed E-state index contributed by atoms with van der Waals surface area (Å²) >= 11 is 0. The first-order valence-electron chi connectivity index (χ1n) is 21.8. The van der Waals surface area contributed by atoms with Crippen molar-refractivity contribution in [3.63, 3.8) is 0 Å². The van der Waals surface area contributed by atoms with Crippen LogP contribution in [-0.4, -0.2) is 11.3 Å². The van der Waals surface area contributed by atoms with E-state index < -0.39 is 0 Å². The van der Waals surface area contributed by atoms with Crippen molar-refractivity contribution in [2.45, 2.75) is 0 Å². The summed E-state index contributed by atoms with van der Waals surface area (Å²) in [5.74, 6) is 3.20. The average Bonchev–Trinajstić information content (AvgIpc) is 3.87. The van der Waals surface area contributed by atoms with Crippen molar-refractivity contribution in [3.05, 3.63) is 212 Å². The van der Waals surface area contributed by atoms with Crippen molar-refractivity contribution in [3.8, 4) is 39.8 Å². The Hall–Kier alpha value is -8.48. The lowest BCUT2D eigenvalue weighted by atomic mass is 9.34. The van der Waals surface area contributed by atoms with Gasteiger partial charge in [-0.25, -0.2) is 0 Å². The number of ether oxygens (including phenoxy) is 2. The molecule has 2 aromatic heterocycles. The second-order valence-electron chi connectivity index (χ2n) is 16.8. The molecule has 12 aromatic rings. The molecule has 298 valence electrons. The van der Waals surface area contributed by atoms with Crippen LogP contribution in [0.1, 0.15) is 0 Å². The normalized spacial score (nSPS) is 12.6. The van der Waals surface area contributed by atoms with Gasteiger partial charge in [0.25, 0.3) is 6.71 Å². The molecule has 0 unspecified atom stereocenters. The molecule has 0 amide bonds. The van der Waals surface area contributed by atoms with E-state index in [0.717, 1.165) is 117 Å². The van der Waals surface area contributed by atoms with Crippen LogP contribution < -0.4 is 30.8 Å². The van der Waals surface area contributed by atoms with Gasteiger partial charge in [0.2, 0.25) is 0 Å². The van der Waals surface area contributed by atoms with Gasteiger partial charge in [-0.3, -0.25) is 0 Å². The maximum Gasteiger partial charge on any atom is 0.260 e. The van der Waals surface area contributed by atoms with E-state index in [1.807, 2.05) is 12.1 Å². The predicted octanol–water partition coefficient (Wildman–Crippen LogP) is 13.7. The second kappa shape index (κ2) is 13.5. The molecule has 2 aliphatic heterocycles. The Morgan fingerprint density at radius 3 is 1.75 bits per heavy atom. The molecule has 2 aliphatic rings. The molecule has 10 aromatic carbocycles. The first-order chi connectivity index (χ1) is 31.7. The number of anilines is 3. The van der Waals surface area contributed by atoms with Crippen LogP contribution in [0.15, 0.2) is 217 Å². The van der Waals surface area contributed by atoms with Gasteiger partial charge < -0.3 is 23.4 Å². The Morgan fingerprint density at radius 1 is 0.391 bits per heavy atom. The minimum Gasteiger partial charge on any atom is -0.458 e. The molecule has 0 saturated heterocycles. The summed E-state index contributed by atoms with van der Waals surface area (Å²) in [7, 11) is 0. The smallest absolute Gasteiger partial charge is 0.260 e. The highest BCUT2D eigenvalue weighted by Crippen LogP contribution is 2.45. The van der Waals surface area contributed by atoms with Crippen molar-refractivity contribution in [1.29, 1.82) is 0 Å². The molecule has 5 nitrogen and oxygen atoms in total. The van der Waals surface area contributed by atoms with Gasteiger partial charge in [-0.1, -0.05) is 133 Å². The Balaban J connectivity index is 1.04. The van der Waals surface area contributed by atoms with Crippen LogP contribution in [0.2, 0.25) is 0 Å². The Morgan fingerprint density at radius 2 is 1.00 bits per heavy atom. The third kappa shape index (κ3) is 5.20. The van der Waals surface area contributed by atoms with Crippen molar-refractivity contribution in [2.75, 3.05) is 4.90 Å². The lowest BCUT2D eigenvalue weighted by Gasteiger charge is -2.33. The standard InChI is InChI=1S/C58H35BN2O3/c1-4-17-38(18-5-1)60(39-19-6-2-7-20-39)41-27-28-44-46-32-48-54(34-51(46)61(50(44)31-41)40-21-8-3-9-22-40)63-56-29-37(43-25-14-16-36-15-10-11-23-42(36)43)30-57-58(56)59(48)49-33-47-45-24-12-13-26-52(45)62-53(47)35-55(49)64-57/h1-35H. The largest absolute Gasteiger partial charge is 0.458 e. The van der Waals surface area contributed by atoms with E-state index in [1.54, 1.807) is 0 Å².